The maximum atomic E-state index is 11.9. The van der Waals surface area contributed by atoms with Crippen LogP contribution in [0.25, 0.3) is 0 Å². The molecule has 0 bridgehead atoms. The molecule has 0 saturated carbocycles. The second-order valence-corrected chi connectivity index (χ2v) is 6.79. The average Bonchev–Trinajstić information content (AvgIpc) is 3.07. The molecule has 0 radical (unpaired) electrons. The Balaban J connectivity index is 1.75. The van der Waals surface area contributed by atoms with Crippen molar-refractivity contribution in [1.82, 2.24) is 20.4 Å². The van der Waals surface area contributed by atoms with Crippen molar-refractivity contribution in [3.05, 3.63) is 39.8 Å². The van der Waals surface area contributed by atoms with Crippen LogP contribution >= 0.6 is 11.3 Å². The summed E-state index contributed by atoms with van der Waals surface area (Å²) >= 11 is 1.65. The summed E-state index contributed by atoms with van der Waals surface area (Å²) in [4.78, 5) is 13.1. The lowest BCUT2D eigenvalue weighted by molar-refractivity contribution is 0.235. The molecule has 0 aliphatic carbocycles. The number of aryl methyl sites for hydroxylation is 2. The van der Waals surface area contributed by atoms with Crippen LogP contribution in [0.2, 0.25) is 0 Å². The molecule has 120 valence electrons. The van der Waals surface area contributed by atoms with E-state index in [-0.39, 0.29) is 12.1 Å². The number of hydrogen-bond donors (Lipinski definition) is 2. The van der Waals surface area contributed by atoms with E-state index >= 15 is 0 Å². The molecule has 5 nitrogen and oxygen atoms in total. The van der Waals surface area contributed by atoms with Gasteiger partial charge in [0.25, 0.3) is 0 Å². The highest BCUT2D eigenvalue weighted by Gasteiger charge is 2.12. The number of carbonyl (C=O) groups is 1. The topological polar surface area (TPSA) is 59.0 Å². The number of nitrogens with one attached hydrogen (secondary N) is 2. The Morgan fingerprint density at radius 1 is 1.41 bits per heavy atom. The van der Waals surface area contributed by atoms with Crippen LogP contribution in [0.15, 0.2) is 23.6 Å². The summed E-state index contributed by atoms with van der Waals surface area (Å²) in [5, 5.41) is 12.4. The van der Waals surface area contributed by atoms with Crippen molar-refractivity contribution in [2.24, 2.45) is 5.92 Å². The summed E-state index contributed by atoms with van der Waals surface area (Å²) in [6.07, 6.45) is 0. The second kappa shape index (κ2) is 7.45. The predicted octanol–water partition coefficient (Wildman–Crippen LogP) is 3.26. The normalized spacial score (nSPS) is 13.6. The zero-order valence-corrected chi connectivity index (χ0v) is 14.4. The number of urea groups is 1. The third-order valence-electron chi connectivity index (χ3n) is 3.52. The van der Waals surface area contributed by atoms with Crippen LogP contribution in [0.3, 0.4) is 0 Å². The Hall–Kier alpha value is -1.82. The molecule has 2 aromatic rings. The number of aromatic nitrogens is 2. The van der Waals surface area contributed by atoms with Gasteiger partial charge in [0.1, 0.15) is 0 Å². The van der Waals surface area contributed by atoms with Crippen LogP contribution < -0.4 is 10.6 Å². The molecule has 0 aliphatic rings. The summed E-state index contributed by atoms with van der Waals surface area (Å²) in [6.45, 7) is 9.58. The molecule has 2 atom stereocenters. The van der Waals surface area contributed by atoms with Gasteiger partial charge in [-0.3, -0.25) is 4.68 Å². The zero-order valence-electron chi connectivity index (χ0n) is 13.6. The van der Waals surface area contributed by atoms with Crippen molar-refractivity contribution in [2.45, 2.75) is 40.3 Å². The van der Waals surface area contributed by atoms with Gasteiger partial charge in [0.15, 0.2) is 0 Å². The molecule has 2 amide bonds. The molecule has 0 aliphatic heterocycles. The fraction of sp³-hybridized carbons (Fsp3) is 0.500. The van der Waals surface area contributed by atoms with E-state index in [0.29, 0.717) is 12.5 Å². The lowest BCUT2D eigenvalue weighted by Crippen LogP contribution is -2.39. The van der Waals surface area contributed by atoms with E-state index in [2.05, 4.69) is 35.6 Å². The molecule has 2 N–H and O–H groups in total. The van der Waals surface area contributed by atoms with Gasteiger partial charge in [-0.1, -0.05) is 13.0 Å². The minimum Gasteiger partial charge on any atom is -0.338 e. The molecule has 0 saturated heterocycles. The Kier molecular flexibility index (Phi) is 5.60. The highest BCUT2D eigenvalue weighted by molar-refractivity contribution is 7.10. The lowest BCUT2D eigenvalue weighted by atomic mass is 10.2. The number of hydrogen-bond acceptors (Lipinski definition) is 3. The predicted molar refractivity (Wildman–Crippen MR) is 90.1 cm³/mol. The van der Waals surface area contributed by atoms with E-state index in [4.69, 9.17) is 0 Å². The van der Waals surface area contributed by atoms with Crippen LogP contribution in [-0.2, 0) is 6.54 Å². The van der Waals surface area contributed by atoms with Gasteiger partial charge in [0.2, 0.25) is 0 Å². The van der Waals surface area contributed by atoms with E-state index in [1.807, 2.05) is 36.0 Å². The number of carbonyl (C=O) groups excluding carboxylic acids is 1. The van der Waals surface area contributed by atoms with Gasteiger partial charge >= 0.3 is 6.03 Å². The van der Waals surface area contributed by atoms with Crippen molar-refractivity contribution in [1.29, 1.82) is 0 Å². The quantitative estimate of drug-likeness (QED) is 0.858. The molecule has 22 heavy (non-hydrogen) atoms. The zero-order chi connectivity index (χ0) is 16.1. The van der Waals surface area contributed by atoms with E-state index in [0.717, 1.165) is 22.8 Å². The van der Waals surface area contributed by atoms with E-state index in [9.17, 15) is 4.79 Å². The molecule has 0 fully saturated rings. The molecular weight excluding hydrogens is 296 g/mol. The molecule has 2 aromatic heterocycles. The summed E-state index contributed by atoms with van der Waals surface area (Å²) in [7, 11) is 0. The Bertz CT molecular complexity index is 606. The van der Waals surface area contributed by atoms with E-state index < -0.39 is 0 Å². The highest BCUT2D eigenvalue weighted by atomic mass is 32.1. The maximum absolute atomic E-state index is 11.9. The van der Waals surface area contributed by atoms with E-state index in [1.54, 1.807) is 11.3 Å². The Morgan fingerprint density at radius 2 is 2.18 bits per heavy atom. The van der Waals surface area contributed by atoms with Gasteiger partial charge in [0.05, 0.1) is 11.7 Å². The van der Waals surface area contributed by atoms with Gasteiger partial charge in [-0.25, -0.2) is 4.79 Å². The van der Waals surface area contributed by atoms with Crippen LogP contribution in [0.5, 0.6) is 0 Å². The first kappa shape index (κ1) is 16.5. The van der Waals surface area contributed by atoms with Crippen LogP contribution in [-0.4, -0.2) is 22.4 Å². The fourth-order valence-corrected chi connectivity index (χ4v) is 3.08. The van der Waals surface area contributed by atoms with Crippen LogP contribution in [0, 0.1) is 19.8 Å². The van der Waals surface area contributed by atoms with Gasteiger partial charge < -0.3 is 10.6 Å². The molecule has 6 heteroatoms. The summed E-state index contributed by atoms with van der Waals surface area (Å²) in [5.41, 5.74) is 2.18. The molecule has 0 spiro atoms. The number of thiophene rings is 1. The first-order valence-corrected chi connectivity index (χ1v) is 8.42. The largest absolute Gasteiger partial charge is 0.338 e. The first-order chi connectivity index (χ1) is 10.5. The fourth-order valence-electron chi connectivity index (χ4n) is 2.34. The number of rotatable bonds is 6. The molecular formula is C16H24N4OS. The lowest BCUT2D eigenvalue weighted by Gasteiger charge is -2.16. The summed E-state index contributed by atoms with van der Waals surface area (Å²) in [5.74, 6) is 0.320. The van der Waals surface area contributed by atoms with Crippen molar-refractivity contribution < 1.29 is 4.79 Å². The monoisotopic (exact) mass is 320 g/mol. The molecule has 0 aromatic carbocycles. The SMILES string of the molecule is Cc1cc(C)n(CC(C)CNC(=O)NC(C)c2cccs2)n1. The third-order valence-corrected chi connectivity index (χ3v) is 4.57. The van der Waals surface area contributed by atoms with E-state index in [1.165, 1.54) is 0 Å². The van der Waals surface area contributed by atoms with Gasteiger partial charge in [-0.05, 0) is 44.2 Å². The number of nitrogens with zero attached hydrogens (tertiary/aromatic N) is 2. The van der Waals surface area contributed by atoms with Gasteiger partial charge in [-0.2, -0.15) is 5.10 Å². The van der Waals surface area contributed by atoms with Crippen molar-refractivity contribution in [3.63, 3.8) is 0 Å². The average molecular weight is 320 g/mol. The van der Waals surface area contributed by atoms with Crippen molar-refractivity contribution in [3.8, 4) is 0 Å². The maximum Gasteiger partial charge on any atom is 0.315 e. The third kappa shape index (κ3) is 4.59. The Labute approximate surface area is 135 Å². The van der Waals surface area contributed by atoms with Gasteiger partial charge in [0, 0.05) is 23.7 Å². The smallest absolute Gasteiger partial charge is 0.315 e. The molecule has 2 heterocycles. The van der Waals surface area contributed by atoms with Crippen molar-refractivity contribution in [2.75, 3.05) is 6.54 Å². The second-order valence-electron chi connectivity index (χ2n) is 5.81. The highest BCUT2D eigenvalue weighted by Crippen LogP contribution is 2.17. The van der Waals surface area contributed by atoms with Crippen LogP contribution in [0.4, 0.5) is 4.79 Å². The molecule has 2 rings (SSSR count). The molecule has 2 unspecified atom stereocenters. The summed E-state index contributed by atoms with van der Waals surface area (Å²) in [6, 6.07) is 6.00. The standard InChI is InChI=1S/C16H24N4OS/c1-11(10-20-13(3)8-12(2)19-20)9-17-16(21)18-14(4)15-6-5-7-22-15/h5-8,11,14H,9-10H2,1-4H3,(H2,17,18,21). The summed E-state index contributed by atoms with van der Waals surface area (Å²) < 4.78 is 1.99. The first-order valence-electron chi connectivity index (χ1n) is 7.54. The van der Waals surface area contributed by atoms with Crippen molar-refractivity contribution >= 4 is 17.4 Å². The van der Waals surface area contributed by atoms with Crippen LogP contribution in [0.1, 0.15) is 36.2 Å². The minimum atomic E-state index is -0.124. The number of amides is 2. The Morgan fingerprint density at radius 3 is 2.77 bits per heavy atom. The van der Waals surface area contributed by atoms with Gasteiger partial charge in [-0.15, -0.1) is 11.3 Å². The minimum absolute atomic E-state index is 0.0336.